The maximum Gasteiger partial charge on any atom is 0.293 e. The number of oxazole rings is 1. The van der Waals surface area contributed by atoms with Crippen molar-refractivity contribution < 1.29 is 13.6 Å². The van der Waals surface area contributed by atoms with E-state index in [9.17, 15) is 4.79 Å². The van der Waals surface area contributed by atoms with Crippen LogP contribution in [0.2, 0.25) is 5.02 Å². The van der Waals surface area contributed by atoms with Crippen LogP contribution < -0.4 is 10.6 Å². The number of amides is 1. The van der Waals surface area contributed by atoms with Crippen molar-refractivity contribution in [1.29, 1.82) is 0 Å². The van der Waals surface area contributed by atoms with Crippen LogP contribution in [0.3, 0.4) is 0 Å². The summed E-state index contributed by atoms with van der Waals surface area (Å²) in [5, 5.41) is 7.21. The molecule has 2 heterocycles. The fourth-order valence-electron chi connectivity index (χ4n) is 3.17. The van der Waals surface area contributed by atoms with E-state index in [2.05, 4.69) is 15.6 Å². The van der Waals surface area contributed by atoms with E-state index in [4.69, 9.17) is 32.7 Å². The number of carbonyl (C=O) groups is 1. The Hall–Kier alpha value is -3.68. The van der Waals surface area contributed by atoms with Gasteiger partial charge in [-0.3, -0.25) is 10.1 Å². The lowest BCUT2D eigenvalue weighted by molar-refractivity contribution is 0.0953. The summed E-state index contributed by atoms with van der Waals surface area (Å²) in [6, 6.07) is 21.7. The van der Waals surface area contributed by atoms with Gasteiger partial charge in [0.2, 0.25) is 5.89 Å². The smallest absolute Gasteiger partial charge is 0.293 e. The lowest BCUT2D eigenvalue weighted by Crippen LogP contribution is -2.33. The van der Waals surface area contributed by atoms with Gasteiger partial charge in [0, 0.05) is 21.7 Å². The minimum atomic E-state index is -0.430. The molecular formula is C23H14ClN3O3S. The summed E-state index contributed by atoms with van der Waals surface area (Å²) in [7, 11) is 0. The number of aromatic nitrogens is 1. The summed E-state index contributed by atoms with van der Waals surface area (Å²) in [5.41, 5.74) is 3.39. The number of furan rings is 1. The number of nitrogens with one attached hydrogen (secondary N) is 2. The molecule has 0 fully saturated rings. The van der Waals surface area contributed by atoms with Gasteiger partial charge in [-0.15, -0.1) is 0 Å². The molecule has 2 aromatic heterocycles. The van der Waals surface area contributed by atoms with Gasteiger partial charge in [-0.05, 0) is 60.7 Å². The molecule has 5 rings (SSSR count). The van der Waals surface area contributed by atoms with Crippen LogP contribution in [0.15, 0.2) is 81.6 Å². The van der Waals surface area contributed by atoms with Crippen LogP contribution in [0.25, 0.3) is 33.5 Å². The van der Waals surface area contributed by atoms with Crippen molar-refractivity contribution in [2.24, 2.45) is 0 Å². The van der Waals surface area contributed by atoms with Crippen LogP contribution in [0, 0.1) is 0 Å². The van der Waals surface area contributed by atoms with E-state index in [0.717, 1.165) is 10.9 Å². The number of carbonyl (C=O) groups excluding carboxylic acids is 1. The van der Waals surface area contributed by atoms with E-state index < -0.39 is 5.91 Å². The lowest BCUT2D eigenvalue weighted by atomic mass is 10.2. The molecule has 3 aromatic carbocycles. The fourth-order valence-corrected chi connectivity index (χ4v) is 3.55. The summed E-state index contributed by atoms with van der Waals surface area (Å²) in [6.07, 6.45) is 0. The second-order valence-electron chi connectivity index (χ2n) is 6.77. The molecule has 5 aromatic rings. The molecule has 0 atom stereocenters. The van der Waals surface area contributed by atoms with Crippen LogP contribution in [0.5, 0.6) is 0 Å². The Kier molecular flexibility index (Phi) is 4.89. The fraction of sp³-hybridized carbons (Fsp3) is 0. The Morgan fingerprint density at radius 1 is 0.935 bits per heavy atom. The van der Waals surface area contributed by atoms with E-state index >= 15 is 0 Å². The highest BCUT2D eigenvalue weighted by Gasteiger charge is 2.14. The molecular weight excluding hydrogens is 434 g/mol. The zero-order valence-electron chi connectivity index (χ0n) is 15.9. The highest BCUT2D eigenvalue weighted by molar-refractivity contribution is 7.80. The third kappa shape index (κ3) is 4.01. The molecule has 0 saturated heterocycles. The van der Waals surface area contributed by atoms with Crippen molar-refractivity contribution in [3.63, 3.8) is 0 Å². The van der Waals surface area contributed by atoms with Gasteiger partial charge >= 0.3 is 0 Å². The number of fused-ring (bicyclic) bond motifs is 2. The van der Waals surface area contributed by atoms with Crippen LogP contribution >= 0.6 is 23.8 Å². The van der Waals surface area contributed by atoms with Crippen molar-refractivity contribution in [2.45, 2.75) is 0 Å². The van der Waals surface area contributed by atoms with E-state index in [1.807, 2.05) is 42.5 Å². The van der Waals surface area contributed by atoms with Crippen LogP contribution in [0.4, 0.5) is 5.69 Å². The summed E-state index contributed by atoms with van der Waals surface area (Å²) >= 11 is 11.3. The largest absolute Gasteiger partial charge is 0.451 e. The molecule has 0 bridgehead atoms. The first-order valence-corrected chi connectivity index (χ1v) is 10.1. The van der Waals surface area contributed by atoms with Crippen LogP contribution in [0.1, 0.15) is 10.6 Å². The van der Waals surface area contributed by atoms with Crippen LogP contribution in [-0.2, 0) is 0 Å². The maximum absolute atomic E-state index is 12.5. The average Bonchev–Trinajstić information content (AvgIpc) is 3.37. The standard InChI is InChI=1S/C23H14ClN3O3S/c24-15-8-9-19-17(12-15)26-22(30-19)14-5-3-6-16(10-14)25-23(31)27-21(28)20-11-13-4-1-2-7-18(13)29-20/h1-12H,(H2,25,27,28,31). The third-order valence-corrected chi connectivity index (χ3v) is 5.03. The van der Waals surface area contributed by atoms with Crippen molar-refractivity contribution in [1.82, 2.24) is 10.3 Å². The molecule has 0 radical (unpaired) electrons. The number of nitrogens with zero attached hydrogens (tertiary/aromatic N) is 1. The van der Waals surface area contributed by atoms with Gasteiger partial charge in [0.15, 0.2) is 16.5 Å². The van der Waals surface area contributed by atoms with Gasteiger partial charge in [0.25, 0.3) is 5.91 Å². The number of hydrogen-bond donors (Lipinski definition) is 2. The quantitative estimate of drug-likeness (QED) is 0.329. The minimum absolute atomic E-state index is 0.145. The van der Waals surface area contributed by atoms with E-state index in [1.54, 1.807) is 30.3 Å². The van der Waals surface area contributed by atoms with Gasteiger partial charge in [0.1, 0.15) is 11.1 Å². The number of halogens is 1. The van der Waals surface area contributed by atoms with Crippen molar-refractivity contribution in [2.75, 3.05) is 5.32 Å². The first kappa shape index (κ1) is 19.3. The zero-order valence-corrected chi connectivity index (χ0v) is 17.5. The number of benzene rings is 3. The number of rotatable bonds is 3. The predicted octanol–water partition coefficient (Wildman–Crippen LogP) is 6.02. The van der Waals surface area contributed by atoms with Gasteiger partial charge in [-0.25, -0.2) is 4.98 Å². The van der Waals surface area contributed by atoms with E-state index in [-0.39, 0.29) is 10.9 Å². The van der Waals surface area contributed by atoms with Gasteiger partial charge < -0.3 is 14.2 Å². The summed E-state index contributed by atoms with van der Waals surface area (Å²) in [4.78, 5) is 16.9. The molecule has 0 unspecified atom stereocenters. The van der Waals surface area contributed by atoms with E-state index in [1.165, 1.54) is 0 Å². The minimum Gasteiger partial charge on any atom is -0.451 e. The summed E-state index contributed by atoms with van der Waals surface area (Å²) in [5.74, 6) is 0.211. The Labute approximate surface area is 186 Å². The molecule has 8 heteroatoms. The molecule has 152 valence electrons. The summed E-state index contributed by atoms with van der Waals surface area (Å²) in [6.45, 7) is 0. The molecule has 1 amide bonds. The number of anilines is 1. The molecule has 6 nitrogen and oxygen atoms in total. The molecule has 0 aliphatic carbocycles. The highest BCUT2D eigenvalue weighted by atomic mass is 35.5. The first-order chi connectivity index (χ1) is 15.0. The SMILES string of the molecule is O=C(NC(=S)Nc1cccc(-c2nc3cc(Cl)ccc3o2)c1)c1cc2ccccc2o1. The third-order valence-electron chi connectivity index (χ3n) is 4.59. The second-order valence-corrected chi connectivity index (χ2v) is 7.61. The van der Waals surface area contributed by atoms with Crippen LogP contribution in [-0.4, -0.2) is 16.0 Å². The Balaban J connectivity index is 1.31. The van der Waals surface area contributed by atoms with Crippen molar-refractivity contribution in [3.05, 3.63) is 83.6 Å². The monoisotopic (exact) mass is 447 g/mol. The number of thiocarbonyl (C=S) groups is 1. The molecule has 31 heavy (non-hydrogen) atoms. The highest BCUT2D eigenvalue weighted by Crippen LogP contribution is 2.27. The maximum atomic E-state index is 12.5. The zero-order chi connectivity index (χ0) is 21.4. The topological polar surface area (TPSA) is 80.3 Å². The predicted molar refractivity (Wildman–Crippen MR) is 124 cm³/mol. The average molecular weight is 448 g/mol. The first-order valence-electron chi connectivity index (χ1n) is 9.33. The Bertz CT molecular complexity index is 1420. The van der Waals surface area contributed by atoms with Crippen molar-refractivity contribution in [3.8, 4) is 11.5 Å². The second kappa shape index (κ2) is 7.86. The van der Waals surface area contributed by atoms with Gasteiger partial charge in [-0.1, -0.05) is 35.9 Å². The van der Waals surface area contributed by atoms with Gasteiger partial charge in [-0.2, -0.15) is 0 Å². The Morgan fingerprint density at radius 3 is 2.68 bits per heavy atom. The van der Waals surface area contributed by atoms with Gasteiger partial charge in [0.05, 0.1) is 0 Å². The molecule has 0 aliphatic heterocycles. The molecule has 0 saturated carbocycles. The molecule has 0 spiro atoms. The van der Waals surface area contributed by atoms with Crippen molar-refractivity contribution >= 4 is 62.6 Å². The lowest BCUT2D eigenvalue weighted by Gasteiger charge is -2.09. The summed E-state index contributed by atoms with van der Waals surface area (Å²) < 4.78 is 11.4. The Morgan fingerprint density at radius 2 is 1.81 bits per heavy atom. The number of hydrogen-bond acceptors (Lipinski definition) is 5. The normalized spacial score (nSPS) is 11.0. The molecule has 0 aliphatic rings. The molecule has 2 N–H and O–H groups in total. The number of para-hydroxylation sites is 1. The van der Waals surface area contributed by atoms with E-state index in [0.29, 0.717) is 33.3 Å².